The number of hydrogen-bond acceptors (Lipinski definition) is 3. The van der Waals surface area contributed by atoms with Crippen molar-refractivity contribution < 1.29 is 4.42 Å². The van der Waals surface area contributed by atoms with Gasteiger partial charge in [0.25, 0.3) is 0 Å². The molecule has 0 bridgehead atoms. The summed E-state index contributed by atoms with van der Waals surface area (Å²) in [5.74, 6) is 0.945. The monoisotopic (exact) mass is 421 g/mol. The zero-order valence-electron chi connectivity index (χ0n) is 18.1. The van der Waals surface area contributed by atoms with E-state index in [0.29, 0.717) is 0 Å². The smallest absolute Gasteiger partial charge is 0.143 e. The normalized spacial score (nSPS) is 12.5. The number of benzene rings is 3. The van der Waals surface area contributed by atoms with Gasteiger partial charge in [-0.3, -0.25) is 4.98 Å². The molecule has 0 fully saturated rings. The molecule has 0 aliphatic carbocycles. The van der Waals surface area contributed by atoms with Gasteiger partial charge < -0.3 is 4.42 Å². The Morgan fingerprint density at radius 1 is 0.871 bits per heavy atom. The lowest BCUT2D eigenvalue weighted by molar-refractivity contribution is 0.582. The Balaban J connectivity index is 1.71. The first-order chi connectivity index (χ1) is 14.9. The molecule has 31 heavy (non-hydrogen) atoms. The van der Waals surface area contributed by atoms with Gasteiger partial charge in [-0.25, -0.2) is 0 Å². The van der Waals surface area contributed by atoms with Gasteiger partial charge in [0.2, 0.25) is 0 Å². The van der Waals surface area contributed by atoms with Gasteiger partial charge >= 0.3 is 0 Å². The molecule has 0 aliphatic rings. The summed E-state index contributed by atoms with van der Waals surface area (Å²) in [6, 6.07) is 21.9. The van der Waals surface area contributed by atoms with Crippen LogP contribution in [0.1, 0.15) is 32.1 Å². The van der Waals surface area contributed by atoms with E-state index in [2.05, 4.69) is 81.4 Å². The molecule has 0 spiro atoms. The van der Waals surface area contributed by atoms with Crippen LogP contribution in [-0.4, -0.2) is 4.98 Å². The predicted molar refractivity (Wildman–Crippen MR) is 133 cm³/mol. The average molecular weight is 422 g/mol. The highest BCUT2D eigenvalue weighted by molar-refractivity contribution is 7.26. The number of rotatable bonds is 1. The van der Waals surface area contributed by atoms with Crippen LogP contribution in [0.2, 0.25) is 0 Å². The van der Waals surface area contributed by atoms with Crippen LogP contribution in [0.4, 0.5) is 0 Å². The van der Waals surface area contributed by atoms with Gasteiger partial charge in [-0.2, -0.15) is 0 Å². The lowest BCUT2D eigenvalue weighted by atomic mass is 9.82. The first kappa shape index (κ1) is 18.6. The first-order valence-electron chi connectivity index (χ1n) is 10.6. The third-order valence-corrected chi connectivity index (χ3v) is 7.28. The van der Waals surface area contributed by atoms with Gasteiger partial charge in [-0.15, -0.1) is 11.3 Å². The molecule has 0 saturated carbocycles. The zero-order valence-corrected chi connectivity index (χ0v) is 18.9. The van der Waals surface area contributed by atoms with E-state index in [0.717, 1.165) is 22.4 Å². The van der Waals surface area contributed by atoms with Crippen molar-refractivity contribution in [1.29, 1.82) is 0 Å². The summed E-state index contributed by atoms with van der Waals surface area (Å²) in [5.41, 5.74) is 4.59. The highest BCUT2D eigenvalue weighted by Gasteiger charge is 2.21. The van der Waals surface area contributed by atoms with Crippen LogP contribution in [0.3, 0.4) is 0 Å². The molecule has 6 aromatic rings. The van der Waals surface area contributed by atoms with Gasteiger partial charge in [0.15, 0.2) is 0 Å². The molecule has 2 nitrogen and oxygen atoms in total. The summed E-state index contributed by atoms with van der Waals surface area (Å²) in [6.45, 7) is 8.85. The maximum atomic E-state index is 6.10. The molecule has 6 rings (SSSR count). The number of pyridine rings is 1. The highest BCUT2D eigenvalue weighted by atomic mass is 32.1. The second kappa shape index (κ2) is 6.41. The number of furan rings is 1. The summed E-state index contributed by atoms with van der Waals surface area (Å²) >= 11 is 1.80. The summed E-state index contributed by atoms with van der Waals surface area (Å²) < 4.78 is 8.56. The van der Waals surface area contributed by atoms with Crippen molar-refractivity contribution in [2.45, 2.75) is 33.1 Å². The Morgan fingerprint density at radius 2 is 1.71 bits per heavy atom. The fourth-order valence-electron chi connectivity index (χ4n) is 4.69. The van der Waals surface area contributed by atoms with Crippen molar-refractivity contribution in [3.63, 3.8) is 0 Å². The van der Waals surface area contributed by atoms with Crippen LogP contribution in [0.5, 0.6) is 0 Å². The second-order valence-corrected chi connectivity index (χ2v) is 10.4. The topological polar surface area (TPSA) is 26.0 Å². The van der Waals surface area contributed by atoms with Crippen molar-refractivity contribution in [3.05, 3.63) is 78.2 Å². The molecule has 0 unspecified atom stereocenters. The molecule has 3 heterocycles. The largest absolute Gasteiger partial charge is 0.461 e. The molecule has 0 saturated heterocycles. The van der Waals surface area contributed by atoms with Crippen molar-refractivity contribution in [2.75, 3.05) is 0 Å². The molecule has 0 atom stereocenters. The van der Waals surface area contributed by atoms with Gasteiger partial charge in [0.1, 0.15) is 11.3 Å². The molecular weight excluding hydrogens is 398 g/mol. The maximum absolute atomic E-state index is 6.10. The van der Waals surface area contributed by atoms with Crippen molar-refractivity contribution in [2.24, 2.45) is 0 Å². The van der Waals surface area contributed by atoms with Crippen LogP contribution in [-0.2, 0) is 5.41 Å². The van der Waals surface area contributed by atoms with E-state index < -0.39 is 0 Å². The minimum atomic E-state index is 0.0432. The molecule has 0 radical (unpaired) electrons. The van der Waals surface area contributed by atoms with Crippen LogP contribution >= 0.6 is 11.3 Å². The van der Waals surface area contributed by atoms with E-state index in [1.165, 1.54) is 42.1 Å². The van der Waals surface area contributed by atoms with Crippen LogP contribution < -0.4 is 0 Å². The number of hydrogen-bond donors (Lipinski definition) is 0. The van der Waals surface area contributed by atoms with Gasteiger partial charge in [-0.05, 0) is 65.1 Å². The first-order valence-corrected chi connectivity index (χ1v) is 11.5. The lowest BCUT2D eigenvalue weighted by Crippen LogP contribution is -2.12. The molecule has 152 valence electrons. The van der Waals surface area contributed by atoms with Crippen LogP contribution in [0.25, 0.3) is 53.2 Å². The molecule has 0 amide bonds. The van der Waals surface area contributed by atoms with Gasteiger partial charge in [-0.1, -0.05) is 45.0 Å². The van der Waals surface area contributed by atoms with E-state index in [-0.39, 0.29) is 5.41 Å². The standard InChI is InChI=1S/C28H23NOS/c1-16-13-18-9-10-23-24(26(18)30-16)21-11-12-29-25(27(21)31-23)19-14-17-7-5-6-8-20(17)22(15-19)28(2,3)4/h5-15H,1-4H3. The predicted octanol–water partition coefficient (Wildman–Crippen LogP) is 8.62. The van der Waals surface area contributed by atoms with Crippen molar-refractivity contribution >= 4 is 53.3 Å². The van der Waals surface area contributed by atoms with Crippen LogP contribution in [0.15, 0.2) is 71.3 Å². The number of thiophene rings is 1. The van der Waals surface area contributed by atoms with Gasteiger partial charge in [0.05, 0.1) is 10.4 Å². The molecule has 3 heteroatoms. The third-order valence-electron chi connectivity index (χ3n) is 6.10. The average Bonchev–Trinajstić information content (AvgIpc) is 3.31. The lowest BCUT2D eigenvalue weighted by Gasteiger charge is -2.22. The summed E-state index contributed by atoms with van der Waals surface area (Å²) in [5, 5.41) is 6.15. The Labute approximate surface area is 185 Å². The van der Waals surface area contributed by atoms with E-state index in [1.807, 2.05) is 13.1 Å². The van der Waals surface area contributed by atoms with E-state index in [1.54, 1.807) is 11.3 Å². The number of fused-ring (bicyclic) bond motifs is 6. The number of aryl methyl sites for hydroxylation is 1. The molecule has 0 aliphatic heterocycles. The zero-order chi connectivity index (χ0) is 21.3. The Morgan fingerprint density at radius 3 is 2.55 bits per heavy atom. The molecule has 3 aromatic carbocycles. The van der Waals surface area contributed by atoms with Crippen LogP contribution in [0, 0.1) is 6.92 Å². The number of aromatic nitrogens is 1. The van der Waals surface area contributed by atoms with E-state index >= 15 is 0 Å². The molecule has 0 N–H and O–H groups in total. The molecular formula is C28H23NOS. The minimum absolute atomic E-state index is 0.0432. The van der Waals surface area contributed by atoms with Crippen molar-refractivity contribution in [1.82, 2.24) is 4.98 Å². The quantitative estimate of drug-likeness (QED) is 0.265. The second-order valence-electron chi connectivity index (χ2n) is 9.35. The fraction of sp³-hybridized carbons (Fsp3) is 0.179. The van der Waals surface area contributed by atoms with Crippen molar-refractivity contribution in [3.8, 4) is 11.3 Å². The SMILES string of the molecule is Cc1cc2ccc3sc4c(-c5cc(C(C)(C)C)c6ccccc6c5)nccc4c3c2o1. The fourth-order valence-corrected chi connectivity index (χ4v) is 5.89. The molecule has 3 aromatic heterocycles. The summed E-state index contributed by atoms with van der Waals surface area (Å²) in [4.78, 5) is 4.87. The van der Waals surface area contributed by atoms with E-state index in [4.69, 9.17) is 9.40 Å². The Bertz CT molecular complexity index is 1630. The number of nitrogens with zero attached hydrogens (tertiary/aromatic N) is 1. The summed E-state index contributed by atoms with van der Waals surface area (Å²) in [7, 11) is 0. The Kier molecular flexibility index (Phi) is 3.85. The third kappa shape index (κ3) is 2.80. The highest BCUT2D eigenvalue weighted by Crippen LogP contribution is 2.43. The Hall–Kier alpha value is -3.17. The minimum Gasteiger partial charge on any atom is -0.461 e. The van der Waals surface area contributed by atoms with Gasteiger partial charge in [0, 0.05) is 32.6 Å². The van der Waals surface area contributed by atoms with E-state index in [9.17, 15) is 0 Å². The summed E-state index contributed by atoms with van der Waals surface area (Å²) in [6.07, 6.45) is 1.93. The maximum Gasteiger partial charge on any atom is 0.143 e.